The SMILES string of the molecule is CC(=O)N1CCN(c2ccc(C(=O)Nc3cccc(Oc4ccccc4)c3)cc2[N+](=O)[O-])CC1. The van der Waals surface area contributed by atoms with Gasteiger partial charge in [-0.15, -0.1) is 0 Å². The van der Waals surface area contributed by atoms with E-state index in [9.17, 15) is 19.7 Å². The lowest BCUT2D eigenvalue weighted by atomic mass is 10.1. The third-order valence-electron chi connectivity index (χ3n) is 5.57. The van der Waals surface area contributed by atoms with Crippen molar-refractivity contribution in [1.82, 2.24) is 4.90 Å². The van der Waals surface area contributed by atoms with E-state index in [4.69, 9.17) is 4.74 Å². The highest BCUT2D eigenvalue weighted by molar-refractivity contribution is 6.05. The minimum atomic E-state index is -0.488. The van der Waals surface area contributed by atoms with Gasteiger partial charge in [0.1, 0.15) is 17.2 Å². The van der Waals surface area contributed by atoms with Crippen LogP contribution >= 0.6 is 0 Å². The highest BCUT2D eigenvalue weighted by Crippen LogP contribution is 2.31. The zero-order valence-corrected chi connectivity index (χ0v) is 18.6. The van der Waals surface area contributed by atoms with Gasteiger partial charge in [-0.1, -0.05) is 24.3 Å². The first-order valence-electron chi connectivity index (χ1n) is 10.8. The molecule has 0 atom stereocenters. The van der Waals surface area contributed by atoms with Crippen molar-refractivity contribution in [3.8, 4) is 11.5 Å². The number of carbonyl (C=O) groups excluding carboxylic acids is 2. The van der Waals surface area contributed by atoms with Crippen LogP contribution in [0.2, 0.25) is 0 Å². The van der Waals surface area contributed by atoms with Gasteiger partial charge in [0.15, 0.2) is 0 Å². The number of anilines is 2. The number of carbonyl (C=O) groups is 2. The molecule has 0 unspecified atom stereocenters. The fourth-order valence-electron chi connectivity index (χ4n) is 3.81. The normalized spacial score (nSPS) is 13.3. The fourth-order valence-corrected chi connectivity index (χ4v) is 3.81. The lowest BCUT2D eigenvalue weighted by Gasteiger charge is -2.35. The Hall–Kier alpha value is -4.40. The van der Waals surface area contributed by atoms with Crippen molar-refractivity contribution >= 4 is 28.9 Å². The summed E-state index contributed by atoms with van der Waals surface area (Å²) >= 11 is 0. The van der Waals surface area contributed by atoms with Gasteiger partial charge in [-0.25, -0.2) is 0 Å². The molecular formula is C25H24N4O5. The molecule has 1 aliphatic heterocycles. The number of hydrogen-bond acceptors (Lipinski definition) is 6. The Morgan fingerprint density at radius 2 is 1.62 bits per heavy atom. The quantitative estimate of drug-likeness (QED) is 0.434. The number of nitro groups is 1. The molecule has 9 heteroatoms. The molecule has 3 aromatic rings. The molecule has 2 amide bonds. The van der Waals surface area contributed by atoms with Gasteiger partial charge in [-0.05, 0) is 36.4 Å². The molecule has 1 N–H and O–H groups in total. The summed E-state index contributed by atoms with van der Waals surface area (Å²) in [7, 11) is 0. The second-order valence-electron chi connectivity index (χ2n) is 7.85. The molecule has 0 aromatic heterocycles. The van der Waals surface area contributed by atoms with Gasteiger partial charge in [0.25, 0.3) is 11.6 Å². The Morgan fingerprint density at radius 3 is 2.29 bits per heavy atom. The van der Waals surface area contributed by atoms with E-state index in [1.54, 1.807) is 41.3 Å². The Balaban J connectivity index is 1.48. The van der Waals surface area contributed by atoms with E-state index < -0.39 is 10.8 Å². The summed E-state index contributed by atoms with van der Waals surface area (Å²) in [6.07, 6.45) is 0. The zero-order valence-electron chi connectivity index (χ0n) is 18.6. The van der Waals surface area contributed by atoms with Gasteiger partial charge >= 0.3 is 0 Å². The van der Waals surface area contributed by atoms with Crippen molar-refractivity contribution < 1.29 is 19.2 Å². The molecule has 0 spiro atoms. The number of nitrogens with one attached hydrogen (secondary N) is 1. The molecule has 1 aliphatic rings. The van der Waals surface area contributed by atoms with Gasteiger partial charge in [0.2, 0.25) is 5.91 Å². The van der Waals surface area contributed by atoms with Crippen molar-refractivity contribution in [2.45, 2.75) is 6.92 Å². The summed E-state index contributed by atoms with van der Waals surface area (Å²) in [6.45, 7) is 3.47. The van der Waals surface area contributed by atoms with Gasteiger partial charge in [0.05, 0.1) is 4.92 Å². The van der Waals surface area contributed by atoms with E-state index in [-0.39, 0.29) is 17.2 Å². The minimum Gasteiger partial charge on any atom is -0.457 e. The monoisotopic (exact) mass is 460 g/mol. The smallest absolute Gasteiger partial charge is 0.293 e. The Kier molecular flexibility index (Phi) is 6.72. The van der Waals surface area contributed by atoms with Crippen LogP contribution in [0, 0.1) is 10.1 Å². The van der Waals surface area contributed by atoms with E-state index >= 15 is 0 Å². The van der Waals surface area contributed by atoms with E-state index in [0.717, 1.165) is 0 Å². The molecular weight excluding hydrogens is 436 g/mol. The standard InChI is InChI=1S/C25H24N4O5/c1-18(30)27-12-14-28(15-13-27)23-11-10-19(16-24(23)29(32)33)25(31)26-20-6-5-9-22(17-20)34-21-7-3-2-4-8-21/h2-11,16-17H,12-15H2,1H3,(H,26,31). The summed E-state index contributed by atoms with van der Waals surface area (Å²) in [5.41, 5.74) is 0.964. The van der Waals surface area contributed by atoms with Crippen LogP contribution in [0.25, 0.3) is 0 Å². The molecule has 1 saturated heterocycles. The van der Waals surface area contributed by atoms with Crippen LogP contribution in [-0.2, 0) is 4.79 Å². The molecule has 174 valence electrons. The minimum absolute atomic E-state index is 0.0144. The maximum atomic E-state index is 12.8. The number of benzene rings is 3. The van der Waals surface area contributed by atoms with Crippen LogP contribution in [0.15, 0.2) is 72.8 Å². The first-order valence-corrected chi connectivity index (χ1v) is 10.8. The summed E-state index contributed by atoms with van der Waals surface area (Å²) in [5.74, 6) is 0.740. The average molecular weight is 460 g/mol. The topological polar surface area (TPSA) is 105 Å². The largest absolute Gasteiger partial charge is 0.457 e. The summed E-state index contributed by atoms with van der Waals surface area (Å²) in [5, 5.41) is 14.5. The first kappa shape index (κ1) is 22.8. The number of para-hydroxylation sites is 1. The number of amides is 2. The van der Waals surface area contributed by atoms with Crippen molar-refractivity contribution in [1.29, 1.82) is 0 Å². The van der Waals surface area contributed by atoms with Crippen LogP contribution < -0.4 is 15.0 Å². The van der Waals surface area contributed by atoms with Crippen molar-refractivity contribution in [2.75, 3.05) is 36.4 Å². The average Bonchev–Trinajstić information content (AvgIpc) is 2.84. The first-order chi connectivity index (χ1) is 16.4. The van der Waals surface area contributed by atoms with Crippen LogP contribution in [0.1, 0.15) is 17.3 Å². The predicted molar refractivity (Wildman–Crippen MR) is 128 cm³/mol. The molecule has 0 saturated carbocycles. The molecule has 0 bridgehead atoms. The van der Waals surface area contributed by atoms with Crippen LogP contribution in [0.5, 0.6) is 11.5 Å². The number of ether oxygens (including phenoxy) is 1. The third-order valence-corrected chi connectivity index (χ3v) is 5.57. The molecule has 4 rings (SSSR count). The number of nitrogens with zero attached hydrogens (tertiary/aromatic N) is 3. The van der Waals surface area contributed by atoms with Crippen molar-refractivity contribution in [3.05, 3.63) is 88.5 Å². The number of hydrogen-bond donors (Lipinski definition) is 1. The highest BCUT2D eigenvalue weighted by Gasteiger charge is 2.26. The lowest BCUT2D eigenvalue weighted by molar-refractivity contribution is -0.384. The summed E-state index contributed by atoms with van der Waals surface area (Å²) in [6, 6.07) is 20.6. The Labute approximate surface area is 196 Å². The molecule has 3 aromatic carbocycles. The highest BCUT2D eigenvalue weighted by atomic mass is 16.6. The molecule has 9 nitrogen and oxygen atoms in total. The maximum absolute atomic E-state index is 12.8. The molecule has 1 fully saturated rings. The Morgan fingerprint density at radius 1 is 0.912 bits per heavy atom. The van der Waals surface area contributed by atoms with E-state index in [2.05, 4.69) is 5.32 Å². The molecule has 0 aliphatic carbocycles. The second-order valence-corrected chi connectivity index (χ2v) is 7.85. The predicted octanol–water partition coefficient (Wildman–Crippen LogP) is 4.31. The Bertz CT molecular complexity index is 1210. The van der Waals surface area contributed by atoms with E-state index in [1.165, 1.54) is 13.0 Å². The summed E-state index contributed by atoms with van der Waals surface area (Å²) < 4.78 is 5.79. The zero-order chi connectivity index (χ0) is 24.1. The molecule has 34 heavy (non-hydrogen) atoms. The number of nitro benzene ring substituents is 1. The molecule has 1 heterocycles. The van der Waals surface area contributed by atoms with Crippen molar-refractivity contribution in [3.63, 3.8) is 0 Å². The van der Waals surface area contributed by atoms with Gasteiger partial charge in [-0.3, -0.25) is 19.7 Å². The summed E-state index contributed by atoms with van der Waals surface area (Å²) in [4.78, 5) is 39.2. The van der Waals surface area contributed by atoms with Crippen LogP contribution in [-0.4, -0.2) is 47.8 Å². The maximum Gasteiger partial charge on any atom is 0.293 e. The van der Waals surface area contributed by atoms with Gasteiger partial charge in [-0.2, -0.15) is 0 Å². The fraction of sp³-hybridized carbons (Fsp3) is 0.200. The number of piperazine rings is 1. The van der Waals surface area contributed by atoms with E-state index in [1.807, 2.05) is 35.2 Å². The van der Waals surface area contributed by atoms with Gasteiger partial charge in [0, 0.05) is 56.5 Å². The molecule has 0 radical (unpaired) electrons. The van der Waals surface area contributed by atoms with E-state index in [0.29, 0.717) is 49.1 Å². The lowest BCUT2D eigenvalue weighted by Crippen LogP contribution is -2.48. The van der Waals surface area contributed by atoms with Crippen LogP contribution in [0.4, 0.5) is 17.1 Å². The second kappa shape index (κ2) is 10.0. The van der Waals surface area contributed by atoms with Crippen LogP contribution in [0.3, 0.4) is 0 Å². The number of rotatable bonds is 6. The van der Waals surface area contributed by atoms with Crippen molar-refractivity contribution in [2.24, 2.45) is 0 Å². The third kappa shape index (κ3) is 5.32. The van der Waals surface area contributed by atoms with Gasteiger partial charge < -0.3 is 19.9 Å².